The highest BCUT2D eigenvalue weighted by molar-refractivity contribution is 8.01. The molecule has 3 heterocycles. The molecule has 2 aliphatic rings. The molecule has 2 aliphatic heterocycles. The summed E-state index contributed by atoms with van der Waals surface area (Å²) in [4.78, 5) is 41.8. The molecular weight excluding hydrogens is 573 g/mol. The zero-order valence-corrected chi connectivity index (χ0v) is 23.9. The molecule has 10 nitrogen and oxygen atoms in total. The maximum Gasteiger partial charge on any atom is 0.356 e. The number of tetrazole rings is 1. The minimum atomic E-state index is -0.737. The first-order chi connectivity index (χ1) is 20.6. The topological polar surface area (TPSA) is 130 Å². The summed E-state index contributed by atoms with van der Waals surface area (Å²) in [5.74, 6) is -0.377. The molecule has 2 atom stereocenters. The number of nitrogens with one attached hydrogen (secondary N) is 2. The number of thioether (sulfide) groups is 2. The number of hydrogen-bond acceptors (Lipinski definition) is 9. The number of rotatable bonds is 10. The van der Waals surface area contributed by atoms with E-state index >= 15 is 0 Å². The van der Waals surface area contributed by atoms with Crippen molar-refractivity contribution in [1.82, 2.24) is 30.8 Å². The number of β-lactam (4-membered cyclic amide) rings is 1. The first kappa shape index (κ1) is 27.7. The molecular formula is C30H26N6O4S2. The number of hydrogen-bond donors (Lipinski definition) is 2. The Labute approximate surface area is 250 Å². The third-order valence-corrected chi connectivity index (χ3v) is 9.16. The minimum Gasteiger partial charge on any atom is -0.448 e. The maximum atomic E-state index is 14.0. The lowest BCUT2D eigenvalue weighted by Gasteiger charge is -2.49. The van der Waals surface area contributed by atoms with Crippen molar-refractivity contribution in [3.8, 4) is 0 Å². The van der Waals surface area contributed by atoms with E-state index in [9.17, 15) is 14.4 Å². The molecule has 2 N–H and O–H groups in total. The standard InChI is InChI=1S/C30H26N6O4S2/c37-23(16-19-10-4-1-5-11-19)31-24-27(38)36-25(22(17-41-28(24)36)18-42-30-32-34-35-33-30)29(39)40-26(20-12-6-2-7-13-20)21-14-8-3-9-15-21/h1-15,24,26,28H,16-18H2,(H,31,37)(H,32,33,34,35). The second kappa shape index (κ2) is 12.6. The number of carbonyl (C=O) groups is 3. The minimum absolute atomic E-state index is 0.162. The Morgan fingerprint density at radius 3 is 2.26 bits per heavy atom. The number of fused-ring (bicyclic) bond motifs is 1. The summed E-state index contributed by atoms with van der Waals surface area (Å²) < 4.78 is 6.18. The molecule has 2 amide bonds. The summed E-state index contributed by atoms with van der Waals surface area (Å²) in [6.07, 6.45) is -0.515. The van der Waals surface area contributed by atoms with Crippen LogP contribution in [0.4, 0.5) is 0 Å². The second-order valence-corrected chi connectivity index (χ2v) is 11.7. The number of benzene rings is 3. The summed E-state index contributed by atoms with van der Waals surface area (Å²) in [5, 5.41) is 16.8. The van der Waals surface area contributed by atoms with E-state index in [1.807, 2.05) is 91.0 Å². The van der Waals surface area contributed by atoms with Gasteiger partial charge in [0.1, 0.15) is 17.1 Å². The monoisotopic (exact) mass is 598 g/mol. The largest absolute Gasteiger partial charge is 0.448 e. The van der Waals surface area contributed by atoms with Crippen LogP contribution < -0.4 is 5.32 Å². The third kappa shape index (κ3) is 5.95. The lowest BCUT2D eigenvalue weighted by Crippen LogP contribution is -2.70. The summed E-state index contributed by atoms with van der Waals surface area (Å²) in [6.45, 7) is 0. The molecule has 42 heavy (non-hydrogen) atoms. The molecule has 0 bridgehead atoms. The van der Waals surface area contributed by atoms with Gasteiger partial charge in [-0.3, -0.25) is 14.5 Å². The van der Waals surface area contributed by atoms with E-state index in [-0.39, 0.29) is 23.9 Å². The van der Waals surface area contributed by atoms with Crippen molar-refractivity contribution in [2.24, 2.45) is 0 Å². The van der Waals surface area contributed by atoms with Gasteiger partial charge in [-0.05, 0) is 27.5 Å². The average Bonchev–Trinajstić information content (AvgIpc) is 3.56. The van der Waals surface area contributed by atoms with Crippen LogP contribution in [-0.4, -0.2) is 66.2 Å². The lowest BCUT2D eigenvalue weighted by molar-refractivity contribution is -0.154. The number of carbonyl (C=O) groups excluding carboxylic acids is 3. The molecule has 0 saturated carbocycles. The number of amides is 2. The van der Waals surface area contributed by atoms with Crippen LogP contribution in [0.2, 0.25) is 0 Å². The summed E-state index contributed by atoms with van der Waals surface area (Å²) in [7, 11) is 0. The number of nitrogens with zero attached hydrogens (tertiary/aromatic N) is 4. The van der Waals surface area contributed by atoms with E-state index in [0.29, 0.717) is 16.7 Å². The highest BCUT2D eigenvalue weighted by Crippen LogP contribution is 2.42. The van der Waals surface area contributed by atoms with Crippen molar-refractivity contribution < 1.29 is 19.1 Å². The maximum absolute atomic E-state index is 14.0. The summed E-state index contributed by atoms with van der Waals surface area (Å²) in [5.41, 5.74) is 3.39. The molecule has 212 valence electrons. The van der Waals surface area contributed by atoms with Crippen molar-refractivity contribution in [2.45, 2.75) is 29.1 Å². The van der Waals surface area contributed by atoms with Gasteiger partial charge in [-0.2, -0.15) is 5.21 Å². The molecule has 1 saturated heterocycles. The number of ether oxygens (including phenoxy) is 1. The Bertz CT molecular complexity index is 1550. The number of aromatic nitrogens is 4. The predicted octanol–water partition coefficient (Wildman–Crippen LogP) is 3.52. The molecule has 6 rings (SSSR count). The summed E-state index contributed by atoms with van der Waals surface area (Å²) in [6, 6.07) is 27.6. The van der Waals surface area contributed by atoms with Gasteiger partial charge >= 0.3 is 5.97 Å². The van der Waals surface area contributed by atoms with Crippen molar-refractivity contribution in [3.05, 3.63) is 119 Å². The SMILES string of the molecule is O=C(Cc1ccccc1)NC1C(=O)N2C(C(=O)OC(c3ccccc3)c3ccccc3)=C(CSc3nn[nH]n3)CSC12. The van der Waals surface area contributed by atoms with Crippen LogP contribution in [0.15, 0.2) is 107 Å². The Kier molecular flexibility index (Phi) is 8.33. The average molecular weight is 599 g/mol. The van der Waals surface area contributed by atoms with E-state index in [2.05, 4.69) is 25.9 Å². The van der Waals surface area contributed by atoms with Crippen LogP contribution >= 0.6 is 23.5 Å². The van der Waals surface area contributed by atoms with Crippen LogP contribution in [-0.2, 0) is 25.5 Å². The van der Waals surface area contributed by atoms with Crippen molar-refractivity contribution in [2.75, 3.05) is 11.5 Å². The van der Waals surface area contributed by atoms with Gasteiger partial charge in [-0.15, -0.1) is 22.0 Å². The van der Waals surface area contributed by atoms with E-state index in [0.717, 1.165) is 22.3 Å². The molecule has 0 spiro atoms. The first-order valence-electron chi connectivity index (χ1n) is 13.3. The predicted molar refractivity (Wildman–Crippen MR) is 158 cm³/mol. The molecule has 4 aromatic rings. The highest BCUT2D eigenvalue weighted by Gasteiger charge is 2.54. The second-order valence-electron chi connectivity index (χ2n) is 9.66. The van der Waals surface area contributed by atoms with E-state index in [4.69, 9.17) is 4.74 Å². The highest BCUT2D eigenvalue weighted by atomic mass is 32.2. The molecule has 2 unspecified atom stereocenters. The Morgan fingerprint density at radius 1 is 1.00 bits per heavy atom. The smallest absolute Gasteiger partial charge is 0.356 e. The van der Waals surface area contributed by atoms with Gasteiger partial charge in [0.25, 0.3) is 5.91 Å². The van der Waals surface area contributed by atoms with Gasteiger partial charge in [0.15, 0.2) is 6.10 Å². The van der Waals surface area contributed by atoms with E-state index in [1.165, 1.54) is 28.4 Å². The zero-order chi connectivity index (χ0) is 28.9. The lowest BCUT2D eigenvalue weighted by atomic mass is 10.0. The first-order valence-corrected chi connectivity index (χ1v) is 15.3. The van der Waals surface area contributed by atoms with Crippen LogP contribution in [0, 0.1) is 0 Å². The van der Waals surface area contributed by atoms with E-state index in [1.54, 1.807) is 0 Å². The number of esters is 1. The van der Waals surface area contributed by atoms with Crippen molar-refractivity contribution in [1.29, 1.82) is 0 Å². The van der Waals surface area contributed by atoms with Gasteiger partial charge in [-0.1, -0.05) is 103 Å². The summed E-state index contributed by atoms with van der Waals surface area (Å²) >= 11 is 2.80. The van der Waals surface area contributed by atoms with Crippen molar-refractivity contribution >= 4 is 41.3 Å². The van der Waals surface area contributed by atoms with E-state index < -0.39 is 23.5 Å². The fraction of sp³-hybridized carbons (Fsp3) is 0.200. The fourth-order valence-corrected chi connectivity index (χ4v) is 7.12. The molecule has 0 aliphatic carbocycles. The van der Waals surface area contributed by atoms with Gasteiger partial charge in [0.05, 0.1) is 6.42 Å². The number of H-pyrrole nitrogens is 1. The Hall–Kier alpha value is -4.42. The van der Waals surface area contributed by atoms with Gasteiger partial charge in [-0.25, -0.2) is 4.79 Å². The normalized spacial score (nSPS) is 17.9. The number of aromatic amines is 1. The Balaban J connectivity index is 1.26. The third-order valence-electron chi connectivity index (χ3n) is 6.90. The molecule has 0 radical (unpaired) electrons. The molecule has 1 aromatic heterocycles. The zero-order valence-electron chi connectivity index (χ0n) is 22.3. The Morgan fingerprint density at radius 2 is 1.64 bits per heavy atom. The van der Waals surface area contributed by atoms with Crippen LogP contribution in [0.3, 0.4) is 0 Å². The molecule has 3 aromatic carbocycles. The fourth-order valence-electron chi connectivity index (χ4n) is 4.90. The van der Waals surface area contributed by atoms with Gasteiger partial charge < -0.3 is 10.1 Å². The van der Waals surface area contributed by atoms with Crippen LogP contribution in [0.25, 0.3) is 0 Å². The quantitative estimate of drug-likeness (QED) is 0.160. The van der Waals surface area contributed by atoms with Gasteiger partial charge in [0, 0.05) is 11.5 Å². The molecule has 12 heteroatoms. The van der Waals surface area contributed by atoms with Crippen LogP contribution in [0.5, 0.6) is 0 Å². The van der Waals surface area contributed by atoms with Gasteiger partial charge in [0.2, 0.25) is 11.1 Å². The van der Waals surface area contributed by atoms with Crippen molar-refractivity contribution in [3.63, 3.8) is 0 Å². The van der Waals surface area contributed by atoms with Crippen LogP contribution in [0.1, 0.15) is 22.8 Å². The molecule has 1 fully saturated rings.